The molecule has 0 aliphatic heterocycles. The molecule has 0 bridgehead atoms. The van der Waals surface area contributed by atoms with E-state index in [0.29, 0.717) is 10.7 Å². The minimum atomic E-state index is -0.170. The van der Waals surface area contributed by atoms with Crippen LogP contribution in [0.5, 0.6) is 0 Å². The maximum absolute atomic E-state index is 12.4. The highest BCUT2D eigenvalue weighted by molar-refractivity contribution is 9.10. The van der Waals surface area contributed by atoms with E-state index < -0.39 is 0 Å². The first-order valence-electron chi connectivity index (χ1n) is 6.42. The molecule has 1 amide bonds. The van der Waals surface area contributed by atoms with Gasteiger partial charge >= 0.3 is 0 Å². The lowest BCUT2D eigenvalue weighted by Crippen LogP contribution is -2.20. The largest absolute Gasteiger partial charge is 0.324 e. The Balaban J connectivity index is 2.18. The highest BCUT2D eigenvalue weighted by atomic mass is 79.9. The smallest absolute Gasteiger partial charge is 0.231 e. The maximum Gasteiger partial charge on any atom is 0.231 e. The third-order valence-corrected chi connectivity index (χ3v) is 3.92. The molecule has 0 saturated carbocycles. The first-order valence-corrected chi connectivity index (χ1v) is 7.59. The third-order valence-electron chi connectivity index (χ3n) is 3.12. The van der Waals surface area contributed by atoms with E-state index in [9.17, 15) is 4.79 Å². The van der Waals surface area contributed by atoms with Crippen LogP contribution in [0.3, 0.4) is 0 Å². The molecule has 2 aromatic rings. The number of anilines is 1. The van der Waals surface area contributed by atoms with Crippen LogP contribution in [0.25, 0.3) is 0 Å². The van der Waals surface area contributed by atoms with Gasteiger partial charge in [-0.05, 0) is 30.2 Å². The number of nitrogens with one attached hydrogen (secondary N) is 1. The Bertz CT molecular complexity index is 601. The number of carbonyl (C=O) groups excluding carboxylic acids is 1. The van der Waals surface area contributed by atoms with Crippen molar-refractivity contribution in [2.45, 2.75) is 19.3 Å². The number of benzene rings is 2. The van der Waals surface area contributed by atoms with E-state index in [4.69, 9.17) is 11.6 Å². The van der Waals surface area contributed by atoms with Crippen molar-refractivity contribution in [2.75, 3.05) is 5.32 Å². The van der Waals surface area contributed by atoms with E-state index in [2.05, 4.69) is 21.2 Å². The fourth-order valence-electron chi connectivity index (χ4n) is 2.07. The van der Waals surface area contributed by atoms with Crippen LogP contribution in [0, 0.1) is 0 Å². The Kier molecular flexibility index (Phi) is 5.21. The molecule has 4 heteroatoms. The molecule has 0 aromatic heterocycles. The van der Waals surface area contributed by atoms with E-state index in [1.807, 2.05) is 43.3 Å². The van der Waals surface area contributed by atoms with Crippen molar-refractivity contribution >= 4 is 39.1 Å². The lowest BCUT2D eigenvalue weighted by molar-refractivity contribution is -0.117. The average molecular weight is 353 g/mol. The molecule has 0 aliphatic carbocycles. The summed E-state index contributed by atoms with van der Waals surface area (Å²) in [5.41, 5.74) is 1.65. The summed E-state index contributed by atoms with van der Waals surface area (Å²) in [4.78, 5) is 12.4. The van der Waals surface area contributed by atoms with Gasteiger partial charge in [-0.3, -0.25) is 4.79 Å². The molecule has 0 radical (unpaired) electrons. The predicted molar refractivity (Wildman–Crippen MR) is 87.3 cm³/mol. The molecular weight excluding hydrogens is 338 g/mol. The molecule has 0 heterocycles. The van der Waals surface area contributed by atoms with Crippen molar-refractivity contribution in [1.29, 1.82) is 0 Å². The van der Waals surface area contributed by atoms with Gasteiger partial charge in [0.15, 0.2) is 0 Å². The van der Waals surface area contributed by atoms with E-state index in [-0.39, 0.29) is 11.8 Å². The Labute approximate surface area is 132 Å². The summed E-state index contributed by atoms with van der Waals surface area (Å²) in [6, 6.07) is 15.2. The second kappa shape index (κ2) is 6.91. The Hall–Kier alpha value is -1.32. The molecule has 1 atom stereocenters. The third kappa shape index (κ3) is 3.62. The van der Waals surface area contributed by atoms with E-state index in [0.717, 1.165) is 16.5 Å². The van der Waals surface area contributed by atoms with Crippen molar-refractivity contribution in [3.05, 3.63) is 63.6 Å². The van der Waals surface area contributed by atoms with E-state index in [1.54, 1.807) is 12.1 Å². The van der Waals surface area contributed by atoms with Crippen LogP contribution in [-0.4, -0.2) is 5.91 Å². The van der Waals surface area contributed by atoms with Gasteiger partial charge in [0.1, 0.15) is 0 Å². The number of hydrogen-bond donors (Lipinski definition) is 1. The van der Waals surface area contributed by atoms with Crippen LogP contribution < -0.4 is 5.32 Å². The topological polar surface area (TPSA) is 29.1 Å². The summed E-state index contributed by atoms with van der Waals surface area (Å²) in [5.74, 6) is -0.209. The fourth-order valence-corrected chi connectivity index (χ4v) is 2.79. The molecule has 0 aliphatic rings. The Morgan fingerprint density at radius 1 is 1.25 bits per heavy atom. The molecule has 0 unspecified atom stereocenters. The van der Waals surface area contributed by atoms with Gasteiger partial charge in [-0.15, -0.1) is 0 Å². The number of amides is 1. The van der Waals surface area contributed by atoms with Gasteiger partial charge < -0.3 is 5.32 Å². The van der Waals surface area contributed by atoms with Crippen molar-refractivity contribution in [3.63, 3.8) is 0 Å². The van der Waals surface area contributed by atoms with Crippen molar-refractivity contribution in [2.24, 2.45) is 0 Å². The molecule has 0 fully saturated rings. The number of rotatable bonds is 4. The minimum Gasteiger partial charge on any atom is -0.324 e. The zero-order valence-corrected chi connectivity index (χ0v) is 13.4. The van der Waals surface area contributed by atoms with Gasteiger partial charge in [0.2, 0.25) is 5.91 Å². The van der Waals surface area contributed by atoms with E-state index in [1.165, 1.54) is 0 Å². The molecule has 2 rings (SSSR count). The van der Waals surface area contributed by atoms with Gasteiger partial charge in [-0.1, -0.05) is 64.8 Å². The van der Waals surface area contributed by atoms with Crippen LogP contribution in [0.1, 0.15) is 24.8 Å². The molecule has 2 nitrogen and oxygen atoms in total. The quantitative estimate of drug-likeness (QED) is 0.801. The number of halogens is 2. The maximum atomic E-state index is 12.4. The summed E-state index contributed by atoms with van der Waals surface area (Å²) in [6.07, 6.45) is 0.740. The lowest BCUT2D eigenvalue weighted by atomic mass is 9.95. The fraction of sp³-hybridized carbons (Fsp3) is 0.188. The van der Waals surface area contributed by atoms with Crippen molar-refractivity contribution in [1.82, 2.24) is 0 Å². The van der Waals surface area contributed by atoms with Gasteiger partial charge in [0.05, 0.1) is 16.6 Å². The highest BCUT2D eigenvalue weighted by Gasteiger charge is 2.19. The average Bonchev–Trinajstić information content (AvgIpc) is 2.44. The monoisotopic (exact) mass is 351 g/mol. The summed E-state index contributed by atoms with van der Waals surface area (Å²) >= 11 is 9.47. The SMILES string of the molecule is CC[C@H](C(=O)Nc1ccc(Br)cc1Cl)c1ccccc1. The summed E-state index contributed by atoms with van der Waals surface area (Å²) in [6.45, 7) is 2.00. The van der Waals surface area contributed by atoms with E-state index >= 15 is 0 Å². The Morgan fingerprint density at radius 2 is 1.95 bits per heavy atom. The zero-order valence-electron chi connectivity index (χ0n) is 11.1. The van der Waals surface area contributed by atoms with Crippen LogP contribution in [0.4, 0.5) is 5.69 Å². The van der Waals surface area contributed by atoms with Crippen LogP contribution in [0.15, 0.2) is 53.0 Å². The second-order valence-corrected chi connectivity index (χ2v) is 5.81. The number of hydrogen-bond acceptors (Lipinski definition) is 1. The summed E-state index contributed by atoms with van der Waals surface area (Å²) < 4.78 is 0.885. The van der Waals surface area contributed by atoms with Gasteiger partial charge in [0.25, 0.3) is 0 Å². The summed E-state index contributed by atoms with van der Waals surface area (Å²) in [5, 5.41) is 3.42. The molecule has 1 N–H and O–H groups in total. The molecule has 0 spiro atoms. The first kappa shape index (κ1) is 15.1. The minimum absolute atomic E-state index is 0.0390. The van der Waals surface area contributed by atoms with Crippen LogP contribution in [0.2, 0.25) is 5.02 Å². The normalized spacial score (nSPS) is 11.9. The predicted octanol–water partition coefficient (Wildman–Crippen LogP) is 5.23. The lowest BCUT2D eigenvalue weighted by Gasteiger charge is -2.16. The van der Waals surface area contributed by atoms with Gasteiger partial charge in [-0.2, -0.15) is 0 Å². The van der Waals surface area contributed by atoms with Gasteiger partial charge in [-0.25, -0.2) is 0 Å². The standard InChI is InChI=1S/C16H15BrClNO/c1-2-13(11-6-4-3-5-7-11)16(20)19-15-9-8-12(17)10-14(15)18/h3-10,13H,2H2,1H3,(H,19,20)/t13-/m0/s1. The van der Waals surface area contributed by atoms with Crippen LogP contribution >= 0.6 is 27.5 Å². The summed E-state index contributed by atoms with van der Waals surface area (Å²) in [7, 11) is 0. The second-order valence-electron chi connectivity index (χ2n) is 4.48. The Morgan fingerprint density at radius 3 is 2.55 bits per heavy atom. The zero-order chi connectivity index (χ0) is 14.5. The molecule has 2 aromatic carbocycles. The first-order chi connectivity index (χ1) is 9.61. The highest BCUT2D eigenvalue weighted by Crippen LogP contribution is 2.28. The molecule has 104 valence electrons. The van der Waals surface area contributed by atoms with Crippen molar-refractivity contribution < 1.29 is 4.79 Å². The van der Waals surface area contributed by atoms with Crippen molar-refractivity contribution in [3.8, 4) is 0 Å². The molecule has 0 saturated heterocycles. The molecular formula is C16H15BrClNO. The van der Waals surface area contributed by atoms with Gasteiger partial charge in [0, 0.05) is 4.47 Å². The molecule has 20 heavy (non-hydrogen) atoms. The van der Waals surface area contributed by atoms with Crippen LogP contribution in [-0.2, 0) is 4.79 Å². The number of carbonyl (C=O) groups is 1.